The predicted molar refractivity (Wildman–Crippen MR) is 64.5 cm³/mol. The summed E-state index contributed by atoms with van der Waals surface area (Å²) in [5, 5.41) is 13.5. The van der Waals surface area contributed by atoms with Gasteiger partial charge >= 0.3 is 12.0 Å². The van der Waals surface area contributed by atoms with Crippen LogP contribution < -0.4 is 10.6 Å². The molecule has 0 atom stereocenters. The fourth-order valence-electron chi connectivity index (χ4n) is 0.986. The Morgan fingerprint density at radius 2 is 2.17 bits per heavy atom. The van der Waals surface area contributed by atoms with E-state index in [9.17, 15) is 14.4 Å². The molecule has 0 aliphatic carbocycles. The maximum absolute atomic E-state index is 11.3. The van der Waals surface area contributed by atoms with Gasteiger partial charge in [0, 0.05) is 13.2 Å². The van der Waals surface area contributed by atoms with Gasteiger partial charge < -0.3 is 10.4 Å². The van der Waals surface area contributed by atoms with Gasteiger partial charge in [0.15, 0.2) is 0 Å². The van der Waals surface area contributed by atoms with E-state index in [1.165, 1.54) is 25.4 Å². The minimum atomic E-state index is -1.06. The van der Waals surface area contributed by atoms with E-state index >= 15 is 0 Å². The van der Waals surface area contributed by atoms with E-state index in [2.05, 4.69) is 15.6 Å². The minimum absolute atomic E-state index is 0.0243. The Labute approximate surface area is 107 Å². The van der Waals surface area contributed by atoms with Crippen LogP contribution in [-0.2, 0) is 4.79 Å². The summed E-state index contributed by atoms with van der Waals surface area (Å²) in [6.07, 6.45) is 1.35. The van der Waals surface area contributed by atoms with Gasteiger partial charge in [-0.15, -0.1) is 0 Å². The number of aromatic nitrogens is 1. The van der Waals surface area contributed by atoms with Crippen LogP contribution in [-0.4, -0.2) is 40.8 Å². The maximum Gasteiger partial charge on any atom is 0.335 e. The Morgan fingerprint density at radius 1 is 1.44 bits per heavy atom. The van der Waals surface area contributed by atoms with Crippen molar-refractivity contribution in [3.05, 3.63) is 23.9 Å². The number of imide groups is 1. The summed E-state index contributed by atoms with van der Waals surface area (Å²) >= 11 is 1.05. The maximum atomic E-state index is 11.3. The van der Waals surface area contributed by atoms with Crippen molar-refractivity contribution in [1.29, 1.82) is 0 Å². The van der Waals surface area contributed by atoms with E-state index in [4.69, 9.17) is 5.11 Å². The molecule has 1 rings (SSSR count). The Balaban J connectivity index is 2.53. The number of carbonyl (C=O) groups excluding carboxylic acids is 2. The van der Waals surface area contributed by atoms with Gasteiger partial charge in [0.25, 0.3) is 0 Å². The van der Waals surface area contributed by atoms with Crippen molar-refractivity contribution in [2.24, 2.45) is 0 Å². The van der Waals surface area contributed by atoms with Gasteiger partial charge in [0.2, 0.25) is 5.91 Å². The highest BCUT2D eigenvalue weighted by molar-refractivity contribution is 7.99. The quantitative estimate of drug-likeness (QED) is 0.680. The first kappa shape index (κ1) is 14.0. The van der Waals surface area contributed by atoms with E-state index < -0.39 is 17.9 Å². The average Bonchev–Trinajstić information content (AvgIpc) is 2.36. The number of nitrogens with one attached hydrogen (secondary N) is 2. The zero-order chi connectivity index (χ0) is 13.5. The van der Waals surface area contributed by atoms with Crippen molar-refractivity contribution in [3.8, 4) is 0 Å². The summed E-state index contributed by atoms with van der Waals surface area (Å²) in [7, 11) is 1.40. The number of hydrogen-bond donors (Lipinski definition) is 3. The lowest BCUT2D eigenvalue weighted by Crippen LogP contribution is -2.38. The van der Waals surface area contributed by atoms with Crippen LogP contribution in [0.3, 0.4) is 0 Å². The predicted octanol–water partition coefficient (Wildman–Crippen LogP) is 0.327. The Kier molecular flexibility index (Phi) is 5.12. The van der Waals surface area contributed by atoms with Crippen LogP contribution in [0, 0.1) is 0 Å². The molecule has 0 aliphatic rings. The number of carboxylic acids is 1. The van der Waals surface area contributed by atoms with Gasteiger partial charge in [-0.3, -0.25) is 10.1 Å². The summed E-state index contributed by atoms with van der Waals surface area (Å²) in [4.78, 5) is 36.7. The zero-order valence-corrected chi connectivity index (χ0v) is 10.3. The molecule has 7 nitrogen and oxygen atoms in total. The van der Waals surface area contributed by atoms with Crippen LogP contribution in [0.4, 0.5) is 4.79 Å². The molecule has 1 aromatic rings. The van der Waals surface area contributed by atoms with Crippen LogP contribution in [0.15, 0.2) is 23.4 Å². The molecule has 0 unspecified atom stereocenters. The van der Waals surface area contributed by atoms with Gasteiger partial charge in [-0.2, -0.15) is 0 Å². The number of nitrogens with zero attached hydrogens (tertiary/aromatic N) is 1. The van der Waals surface area contributed by atoms with Crippen molar-refractivity contribution in [3.63, 3.8) is 0 Å². The van der Waals surface area contributed by atoms with E-state index in [-0.39, 0.29) is 11.3 Å². The number of aromatic carboxylic acids is 1. The van der Waals surface area contributed by atoms with E-state index in [0.717, 1.165) is 11.8 Å². The van der Waals surface area contributed by atoms with Crippen LogP contribution in [0.25, 0.3) is 0 Å². The molecule has 0 fully saturated rings. The second-order valence-corrected chi connectivity index (χ2v) is 4.10. The smallest absolute Gasteiger partial charge is 0.335 e. The first-order valence-electron chi connectivity index (χ1n) is 4.86. The minimum Gasteiger partial charge on any atom is -0.478 e. The third-order valence-electron chi connectivity index (χ3n) is 1.81. The molecule has 3 N–H and O–H groups in total. The number of thioether (sulfide) groups is 1. The van der Waals surface area contributed by atoms with Crippen molar-refractivity contribution in [2.45, 2.75) is 5.03 Å². The van der Waals surface area contributed by atoms with Crippen molar-refractivity contribution in [1.82, 2.24) is 15.6 Å². The van der Waals surface area contributed by atoms with E-state index in [1.807, 2.05) is 0 Å². The molecule has 0 bridgehead atoms. The van der Waals surface area contributed by atoms with E-state index in [0.29, 0.717) is 5.03 Å². The van der Waals surface area contributed by atoms with E-state index in [1.54, 1.807) is 0 Å². The molecule has 0 aliphatic heterocycles. The third-order valence-corrected chi connectivity index (χ3v) is 2.74. The molecule has 0 spiro atoms. The lowest BCUT2D eigenvalue weighted by molar-refractivity contribution is -0.117. The second-order valence-electron chi connectivity index (χ2n) is 3.10. The van der Waals surface area contributed by atoms with Crippen molar-refractivity contribution in [2.75, 3.05) is 12.8 Å². The first-order chi connectivity index (χ1) is 8.52. The highest BCUT2D eigenvalue weighted by Gasteiger charge is 2.09. The molecular weight excluding hydrogens is 258 g/mol. The van der Waals surface area contributed by atoms with Crippen LogP contribution in [0.1, 0.15) is 10.4 Å². The first-order valence-corrected chi connectivity index (χ1v) is 5.85. The van der Waals surface area contributed by atoms with Gasteiger partial charge in [-0.05, 0) is 12.1 Å². The molecule has 1 aromatic heterocycles. The molecule has 0 radical (unpaired) electrons. The molecule has 0 aromatic carbocycles. The second kappa shape index (κ2) is 6.60. The van der Waals surface area contributed by atoms with Crippen molar-refractivity contribution >= 4 is 29.7 Å². The SMILES string of the molecule is CNC(=O)NC(=O)CSc1cc(C(=O)O)ccn1. The van der Waals surface area contributed by atoms with Crippen molar-refractivity contribution < 1.29 is 19.5 Å². The number of rotatable bonds is 4. The molecule has 1 heterocycles. The number of urea groups is 1. The fraction of sp³-hybridized carbons (Fsp3) is 0.200. The molecule has 18 heavy (non-hydrogen) atoms. The summed E-state index contributed by atoms with van der Waals surface area (Å²) in [6.45, 7) is 0. The summed E-state index contributed by atoms with van der Waals surface area (Å²) in [5.74, 6) is -1.57. The topological polar surface area (TPSA) is 108 Å². The number of amides is 3. The number of carboxylic acid groups (broad SMARTS) is 1. The lowest BCUT2D eigenvalue weighted by Gasteiger charge is -2.03. The molecule has 0 saturated heterocycles. The molecule has 8 heteroatoms. The Bertz CT molecular complexity index is 478. The Hall–Kier alpha value is -2.09. The average molecular weight is 269 g/mol. The number of carbonyl (C=O) groups is 3. The fourth-order valence-corrected chi connectivity index (χ4v) is 1.68. The number of pyridine rings is 1. The van der Waals surface area contributed by atoms with Crippen LogP contribution >= 0.6 is 11.8 Å². The monoisotopic (exact) mass is 269 g/mol. The third kappa shape index (κ3) is 4.42. The van der Waals surface area contributed by atoms with Gasteiger partial charge in [0.05, 0.1) is 16.3 Å². The normalized spacial score (nSPS) is 9.61. The molecule has 3 amide bonds. The molecule has 0 saturated carbocycles. The summed E-state index contributed by atoms with van der Waals surface area (Å²) < 4.78 is 0. The summed E-state index contributed by atoms with van der Waals surface area (Å²) in [5.41, 5.74) is 0.0965. The standard InChI is InChI=1S/C10H11N3O4S/c1-11-10(17)13-7(14)5-18-8-4-6(9(15)16)2-3-12-8/h2-4H,5H2,1H3,(H,15,16)(H2,11,13,14,17). The van der Waals surface area contributed by atoms with Gasteiger partial charge in [-0.25, -0.2) is 14.6 Å². The largest absolute Gasteiger partial charge is 0.478 e. The van der Waals surface area contributed by atoms with Crippen LogP contribution in [0.5, 0.6) is 0 Å². The highest BCUT2D eigenvalue weighted by atomic mass is 32.2. The summed E-state index contributed by atoms with van der Waals surface area (Å²) in [6, 6.07) is 2.13. The van der Waals surface area contributed by atoms with Gasteiger partial charge in [0.1, 0.15) is 0 Å². The molecule has 96 valence electrons. The highest BCUT2D eigenvalue weighted by Crippen LogP contribution is 2.15. The Morgan fingerprint density at radius 3 is 2.78 bits per heavy atom. The van der Waals surface area contributed by atoms with Crippen LogP contribution in [0.2, 0.25) is 0 Å². The molecular formula is C10H11N3O4S. The lowest BCUT2D eigenvalue weighted by atomic mass is 10.3. The number of hydrogen-bond acceptors (Lipinski definition) is 5. The zero-order valence-electron chi connectivity index (χ0n) is 9.47. The van der Waals surface area contributed by atoms with Gasteiger partial charge in [-0.1, -0.05) is 11.8 Å².